The van der Waals surface area contributed by atoms with Crippen LogP contribution >= 0.6 is 0 Å². The predicted octanol–water partition coefficient (Wildman–Crippen LogP) is 2.79. The summed E-state index contributed by atoms with van der Waals surface area (Å²) in [6, 6.07) is 7.48. The van der Waals surface area contributed by atoms with Crippen molar-refractivity contribution in [3.05, 3.63) is 58.9 Å². The molecule has 0 saturated carbocycles. The summed E-state index contributed by atoms with van der Waals surface area (Å²) in [7, 11) is 0. The van der Waals surface area contributed by atoms with Gasteiger partial charge >= 0.3 is 5.97 Å². The molecule has 0 radical (unpaired) electrons. The second-order valence-electron chi connectivity index (χ2n) is 4.42. The third-order valence-electron chi connectivity index (χ3n) is 2.94. The van der Waals surface area contributed by atoms with Crippen LogP contribution in [-0.2, 0) is 0 Å². The van der Waals surface area contributed by atoms with Gasteiger partial charge in [-0.15, -0.1) is 0 Å². The normalized spacial score (nSPS) is 10.2. The Kier molecular flexibility index (Phi) is 3.89. The van der Waals surface area contributed by atoms with Crippen LogP contribution in [0.15, 0.2) is 36.4 Å². The topological polar surface area (TPSA) is 86.6 Å². The summed E-state index contributed by atoms with van der Waals surface area (Å²) in [5.41, 5.74) is 0.298. The van der Waals surface area contributed by atoms with Crippen molar-refractivity contribution >= 4 is 17.6 Å². The summed E-state index contributed by atoms with van der Waals surface area (Å²) >= 11 is 0. The van der Waals surface area contributed by atoms with Crippen LogP contribution in [0, 0.1) is 12.7 Å². The highest BCUT2D eigenvalue weighted by Gasteiger charge is 2.17. The molecule has 2 aromatic carbocycles. The van der Waals surface area contributed by atoms with E-state index in [0.717, 1.165) is 18.2 Å². The maximum Gasteiger partial charge on any atom is 0.337 e. The molecule has 0 aliphatic rings. The molecule has 5 nitrogen and oxygen atoms in total. The minimum atomic E-state index is -1.20. The number of rotatable bonds is 3. The summed E-state index contributed by atoms with van der Waals surface area (Å²) in [6.45, 7) is 1.63. The van der Waals surface area contributed by atoms with E-state index in [2.05, 4.69) is 5.32 Å². The number of carboxylic acid groups (broad SMARTS) is 1. The van der Waals surface area contributed by atoms with E-state index in [-0.39, 0.29) is 22.6 Å². The van der Waals surface area contributed by atoms with Crippen molar-refractivity contribution in [2.24, 2.45) is 0 Å². The molecule has 2 aromatic rings. The summed E-state index contributed by atoms with van der Waals surface area (Å²) in [5, 5.41) is 21.1. The lowest BCUT2D eigenvalue weighted by Crippen LogP contribution is -2.16. The van der Waals surface area contributed by atoms with Crippen LogP contribution in [0.1, 0.15) is 26.3 Å². The Bertz CT molecular complexity index is 728. The number of carboxylic acids is 1. The number of aromatic carboxylic acids is 1. The smallest absolute Gasteiger partial charge is 0.337 e. The number of hydrogen-bond acceptors (Lipinski definition) is 3. The van der Waals surface area contributed by atoms with Gasteiger partial charge in [-0.2, -0.15) is 0 Å². The Morgan fingerprint density at radius 3 is 2.52 bits per heavy atom. The SMILES string of the molecule is Cc1cccc(C(=O)O)c1NC(=O)c1cc(F)ccc1O. The number of phenolic OH excluding ortho intramolecular Hbond substituents is 1. The lowest BCUT2D eigenvalue weighted by atomic mass is 10.1. The van der Waals surface area contributed by atoms with E-state index in [1.165, 1.54) is 6.07 Å². The number of halogens is 1. The summed E-state index contributed by atoms with van der Waals surface area (Å²) in [6.07, 6.45) is 0. The minimum Gasteiger partial charge on any atom is -0.507 e. The molecule has 0 bridgehead atoms. The van der Waals surface area contributed by atoms with Gasteiger partial charge in [-0.1, -0.05) is 12.1 Å². The molecule has 108 valence electrons. The number of benzene rings is 2. The zero-order valence-electron chi connectivity index (χ0n) is 11.1. The summed E-state index contributed by atoms with van der Waals surface area (Å²) in [5.74, 6) is -3.05. The van der Waals surface area contributed by atoms with Crippen molar-refractivity contribution in [1.29, 1.82) is 0 Å². The van der Waals surface area contributed by atoms with Crippen LogP contribution in [0.5, 0.6) is 5.75 Å². The highest BCUT2D eigenvalue weighted by atomic mass is 19.1. The van der Waals surface area contributed by atoms with Crippen LogP contribution in [0.25, 0.3) is 0 Å². The van der Waals surface area contributed by atoms with Gasteiger partial charge in [0, 0.05) is 0 Å². The van der Waals surface area contributed by atoms with Crippen molar-refractivity contribution < 1.29 is 24.2 Å². The molecule has 0 aliphatic carbocycles. The number of para-hydroxylation sites is 1. The predicted molar refractivity (Wildman–Crippen MR) is 74.2 cm³/mol. The van der Waals surface area contributed by atoms with Gasteiger partial charge in [0.2, 0.25) is 0 Å². The van der Waals surface area contributed by atoms with Crippen LogP contribution < -0.4 is 5.32 Å². The van der Waals surface area contributed by atoms with Gasteiger partial charge in [-0.3, -0.25) is 4.79 Å². The number of aryl methyl sites for hydroxylation is 1. The van der Waals surface area contributed by atoms with Gasteiger partial charge in [0.05, 0.1) is 16.8 Å². The Morgan fingerprint density at radius 2 is 1.86 bits per heavy atom. The van der Waals surface area contributed by atoms with E-state index in [0.29, 0.717) is 5.56 Å². The molecular formula is C15H12FNO4. The van der Waals surface area contributed by atoms with Crippen molar-refractivity contribution in [3.8, 4) is 5.75 Å². The van der Waals surface area contributed by atoms with Gasteiger partial charge in [0.25, 0.3) is 5.91 Å². The molecule has 2 rings (SSSR count). The molecule has 0 unspecified atom stereocenters. The van der Waals surface area contributed by atoms with Crippen LogP contribution in [-0.4, -0.2) is 22.1 Å². The fraction of sp³-hybridized carbons (Fsp3) is 0.0667. The van der Waals surface area contributed by atoms with E-state index in [1.54, 1.807) is 19.1 Å². The van der Waals surface area contributed by atoms with Gasteiger partial charge in [0.1, 0.15) is 11.6 Å². The Morgan fingerprint density at radius 1 is 1.14 bits per heavy atom. The Hall–Kier alpha value is -2.89. The highest BCUT2D eigenvalue weighted by molar-refractivity contribution is 6.09. The molecule has 0 saturated heterocycles. The standard InChI is InChI=1S/C15H12FNO4/c1-8-3-2-4-10(15(20)21)13(8)17-14(19)11-7-9(16)5-6-12(11)18/h2-7,18H,1H3,(H,17,19)(H,20,21). The lowest BCUT2D eigenvalue weighted by Gasteiger charge is -2.12. The largest absolute Gasteiger partial charge is 0.507 e. The van der Waals surface area contributed by atoms with E-state index in [1.807, 2.05) is 0 Å². The fourth-order valence-corrected chi connectivity index (χ4v) is 1.88. The van der Waals surface area contributed by atoms with Crippen molar-refractivity contribution in [1.82, 2.24) is 0 Å². The number of aromatic hydroxyl groups is 1. The van der Waals surface area contributed by atoms with E-state index in [4.69, 9.17) is 5.11 Å². The molecule has 0 fully saturated rings. The van der Waals surface area contributed by atoms with Crippen LogP contribution in [0.3, 0.4) is 0 Å². The number of anilines is 1. The molecule has 0 spiro atoms. The lowest BCUT2D eigenvalue weighted by molar-refractivity contribution is 0.0698. The molecule has 21 heavy (non-hydrogen) atoms. The van der Waals surface area contributed by atoms with Gasteiger partial charge in [-0.05, 0) is 36.8 Å². The maximum absolute atomic E-state index is 13.1. The van der Waals surface area contributed by atoms with E-state index >= 15 is 0 Å². The molecule has 0 aliphatic heterocycles. The maximum atomic E-state index is 13.1. The number of phenols is 1. The molecule has 0 heterocycles. The van der Waals surface area contributed by atoms with E-state index < -0.39 is 17.7 Å². The molecule has 0 atom stereocenters. The van der Waals surface area contributed by atoms with Crippen LogP contribution in [0.4, 0.5) is 10.1 Å². The average Bonchev–Trinajstić information content (AvgIpc) is 2.43. The summed E-state index contributed by atoms with van der Waals surface area (Å²) < 4.78 is 13.1. The first-order chi connectivity index (χ1) is 9.90. The van der Waals surface area contributed by atoms with Gasteiger partial charge < -0.3 is 15.5 Å². The molecule has 0 aromatic heterocycles. The molecular weight excluding hydrogens is 277 g/mol. The fourth-order valence-electron chi connectivity index (χ4n) is 1.88. The first-order valence-electron chi connectivity index (χ1n) is 6.03. The highest BCUT2D eigenvalue weighted by Crippen LogP contribution is 2.24. The number of amides is 1. The average molecular weight is 289 g/mol. The number of nitrogens with one attached hydrogen (secondary N) is 1. The second-order valence-corrected chi connectivity index (χ2v) is 4.42. The molecule has 3 N–H and O–H groups in total. The van der Waals surface area contributed by atoms with E-state index in [9.17, 15) is 19.1 Å². The molecule has 1 amide bonds. The monoisotopic (exact) mass is 289 g/mol. The van der Waals surface area contributed by atoms with Crippen molar-refractivity contribution in [3.63, 3.8) is 0 Å². The third-order valence-corrected chi connectivity index (χ3v) is 2.94. The first-order valence-corrected chi connectivity index (χ1v) is 6.03. The first kappa shape index (κ1) is 14.5. The van der Waals surface area contributed by atoms with Crippen LogP contribution in [0.2, 0.25) is 0 Å². The second kappa shape index (κ2) is 5.62. The quantitative estimate of drug-likeness (QED) is 0.811. The number of hydrogen-bond donors (Lipinski definition) is 3. The van der Waals surface area contributed by atoms with Crippen molar-refractivity contribution in [2.45, 2.75) is 6.92 Å². The zero-order chi connectivity index (χ0) is 15.6. The number of carbonyl (C=O) groups excluding carboxylic acids is 1. The molecule has 6 heteroatoms. The minimum absolute atomic E-state index is 0.0840. The van der Waals surface area contributed by atoms with Gasteiger partial charge in [0.15, 0.2) is 0 Å². The summed E-state index contributed by atoms with van der Waals surface area (Å²) in [4.78, 5) is 23.2. The van der Waals surface area contributed by atoms with Crippen molar-refractivity contribution in [2.75, 3.05) is 5.32 Å². The Balaban J connectivity index is 2.41. The van der Waals surface area contributed by atoms with Gasteiger partial charge in [-0.25, -0.2) is 9.18 Å². The third kappa shape index (κ3) is 3.00. The zero-order valence-corrected chi connectivity index (χ0v) is 11.1. The number of carbonyl (C=O) groups is 2. The Labute approximate surface area is 119 Å².